The lowest BCUT2D eigenvalue weighted by atomic mass is 10.3. The van der Waals surface area contributed by atoms with Crippen LogP contribution in [0.25, 0.3) is 0 Å². The second-order valence-electron chi connectivity index (χ2n) is 4.91. The summed E-state index contributed by atoms with van der Waals surface area (Å²) in [6.07, 6.45) is 2.45. The minimum Gasteiger partial charge on any atom is -0.437 e. The van der Waals surface area contributed by atoms with Gasteiger partial charge in [-0.2, -0.15) is 0 Å². The van der Waals surface area contributed by atoms with Crippen molar-refractivity contribution < 1.29 is 4.74 Å². The molecular formula is C15H13BrCl2N2O. The predicted molar refractivity (Wildman–Crippen MR) is 88.3 cm³/mol. The molecule has 0 saturated heterocycles. The summed E-state index contributed by atoms with van der Waals surface area (Å²) in [5.74, 6) is 1.04. The topological polar surface area (TPSA) is 34.1 Å². The van der Waals surface area contributed by atoms with Crippen LogP contribution in [0.2, 0.25) is 10.0 Å². The number of pyridine rings is 1. The zero-order chi connectivity index (χ0) is 14.8. The van der Waals surface area contributed by atoms with Gasteiger partial charge in [0.1, 0.15) is 5.75 Å². The highest BCUT2D eigenvalue weighted by Gasteiger charge is 2.21. The third-order valence-electron chi connectivity index (χ3n) is 3.14. The normalized spacial score (nSPS) is 14.2. The molecular weight excluding hydrogens is 375 g/mol. The number of rotatable bonds is 5. The molecule has 3 rings (SSSR count). The molecule has 110 valence electrons. The van der Waals surface area contributed by atoms with E-state index in [1.807, 2.05) is 6.07 Å². The van der Waals surface area contributed by atoms with Gasteiger partial charge in [0.05, 0.1) is 15.7 Å². The van der Waals surface area contributed by atoms with Crippen LogP contribution in [0, 0.1) is 0 Å². The van der Waals surface area contributed by atoms with E-state index in [0.29, 0.717) is 34.3 Å². The van der Waals surface area contributed by atoms with Gasteiger partial charge >= 0.3 is 0 Å². The molecule has 1 aliphatic rings. The first-order valence-corrected chi connectivity index (χ1v) is 8.18. The van der Waals surface area contributed by atoms with Crippen LogP contribution in [0.15, 0.2) is 34.8 Å². The average Bonchev–Trinajstić information content (AvgIpc) is 3.27. The van der Waals surface area contributed by atoms with E-state index in [4.69, 9.17) is 27.9 Å². The van der Waals surface area contributed by atoms with Gasteiger partial charge in [0.2, 0.25) is 5.88 Å². The van der Waals surface area contributed by atoms with E-state index in [1.165, 1.54) is 12.8 Å². The van der Waals surface area contributed by atoms with Crippen molar-refractivity contribution >= 4 is 39.1 Å². The minimum absolute atomic E-state index is 0.479. The van der Waals surface area contributed by atoms with Gasteiger partial charge in [-0.25, -0.2) is 4.98 Å². The highest BCUT2D eigenvalue weighted by molar-refractivity contribution is 9.10. The summed E-state index contributed by atoms with van der Waals surface area (Å²) >= 11 is 15.7. The van der Waals surface area contributed by atoms with E-state index in [1.54, 1.807) is 24.3 Å². The Morgan fingerprint density at radius 3 is 2.71 bits per heavy atom. The van der Waals surface area contributed by atoms with Crippen molar-refractivity contribution in [2.45, 2.75) is 25.4 Å². The van der Waals surface area contributed by atoms with Crippen molar-refractivity contribution in [1.29, 1.82) is 0 Å². The lowest BCUT2D eigenvalue weighted by Gasteiger charge is -2.10. The number of aromatic nitrogens is 1. The number of hydrogen-bond donors (Lipinski definition) is 1. The molecule has 6 heteroatoms. The summed E-state index contributed by atoms with van der Waals surface area (Å²) in [4.78, 5) is 4.45. The predicted octanol–water partition coefficient (Wildman–Crippen LogP) is 5.20. The SMILES string of the molecule is Clc1ccc(Br)cc1Oc1ccc(Cl)c(CNC2CC2)n1. The lowest BCUT2D eigenvalue weighted by Crippen LogP contribution is -2.16. The second-order valence-corrected chi connectivity index (χ2v) is 6.64. The summed E-state index contributed by atoms with van der Waals surface area (Å²) in [6, 6.07) is 9.56. The molecule has 1 aromatic heterocycles. The maximum atomic E-state index is 6.17. The Hall–Kier alpha value is -0.810. The van der Waals surface area contributed by atoms with Crippen LogP contribution >= 0.6 is 39.1 Å². The maximum absolute atomic E-state index is 6.17. The van der Waals surface area contributed by atoms with Gasteiger partial charge in [-0.15, -0.1) is 0 Å². The Labute approximate surface area is 141 Å². The summed E-state index contributed by atoms with van der Waals surface area (Å²) in [7, 11) is 0. The van der Waals surface area contributed by atoms with Gasteiger partial charge in [-0.05, 0) is 37.1 Å². The summed E-state index contributed by atoms with van der Waals surface area (Å²) in [5.41, 5.74) is 0.784. The van der Waals surface area contributed by atoms with Crippen LogP contribution in [0.3, 0.4) is 0 Å². The van der Waals surface area contributed by atoms with E-state index in [-0.39, 0.29) is 0 Å². The minimum atomic E-state index is 0.479. The first kappa shape index (κ1) is 15.1. The third kappa shape index (κ3) is 4.10. The molecule has 0 amide bonds. The number of nitrogens with zero attached hydrogens (tertiary/aromatic N) is 1. The first-order valence-electron chi connectivity index (χ1n) is 6.63. The largest absolute Gasteiger partial charge is 0.437 e. The molecule has 1 aromatic carbocycles. The molecule has 2 aromatic rings. The molecule has 1 saturated carbocycles. The van der Waals surface area contributed by atoms with Gasteiger partial charge in [0, 0.05) is 23.1 Å². The van der Waals surface area contributed by atoms with Crippen molar-refractivity contribution in [1.82, 2.24) is 10.3 Å². The smallest absolute Gasteiger partial charge is 0.219 e. The second kappa shape index (κ2) is 6.53. The standard InChI is InChI=1S/C15H13BrCl2N2O/c16-9-1-4-12(18)14(7-9)21-15-6-5-11(17)13(20-15)8-19-10-2-3-10/h1,4-7,10,19H,2-3,8H2. The third-order valence-corrected chi connectivity index (χ3v) is 4.29. The zero-order valence-electron chi connectivity index (χ0n) is 11.1. The molecule has 0 aliphatic heterocycles. The number of ether oxygens (including phenoxy) is 1. The van der Waals surface area contributed by atoms with Crippen molar-refractivity contribution in [3.05, 3.63) is 50.5 Å². The Kier molecular flexibility index (Phi) is 4.69. The van der Waals surface area contributed by atoms with Crippen LogP contribution in [0.4, 0.5) is 0 Å². The quantitative estimate of drug-likeness (QED) is 0.765. The van der Waals surface area contributed by atoms with Gasteiger partial charge < -0.3 is 10.1 Å². The van der Waals surface area contributed by atoms with E-state index in [2.05, 4.69) is 26.2 Å². The van der Waals surface area contributed by atoms with Crippen LogP contribution in [-0.2, 0) is 6.54 Å². The molecule has 0 bridgehead atoms. The fourth-order valence-electron chi connectivity index (χ4n) is 1.84. The monoisotopic (exact) mass is 386 g/mol. The molecule has 0 atom stereocenters. The molecule has 0 radical (unpaired) electrons. The maximum Gasteiger partial charge on any atom is 0.219 e. The van der Waals surface area contributed by atoms with Crippen molar-refractivity contribution in [2.75, 3.05) is 0 Å². The highest BCUT2D eigenvalue weighted by Crippen LogP contribution is 2.32. The Morgan fingerprint density at radius 2 is 1.95 bits per heavy atom. The molecule has 1 N–H and O–H groups in total. The lowest BCUT2D eigenvalue weighted by molar-refractivity contribution is 0.459. The van der Waals surface area contributed by atoms with E-state index >= 15 is 0 Å². The molecule has 1 aliphatic carbocycles. The number of nitrogens with one attached hydrogen (secondary N) is 1. The fourth-order valence-corrected chi connectivity index (χ4v) is 2.51. The molecule has 1 fully saturated rings. The van der Waals surface area contributed by atoms with Gasteiger partial charge in [0.25, 0.3) is 0 Å². The Bertz CT molecular complexity index is 662. The number of halogens is 3. The summed E-state index contributed by atoms with van der Waals surface area (Å²) < 4.78 is 6.64. The van der Waals surface area contributed by atoms with Crippen LogP contribution < -0.4 is 10.1 Å². The number of hydrogen-bond acceptors (Lipinski definition) is 3. The summed E-state index contributed by atoms with van der Waals surface area (Å²) in [6.45, 7) is 0.646. The Morgan fingerprint density at radius 1 is 1.19 bits per heavy atom. The van der Waals surface area contributed by atoms with E-state index in [0.717, 1.165) is 10.2 Å². The molecule has 0 spiro atoms. The molecule has 21 heavy (non-hydrogen) atoms. The summed E-state index contributed by atoms with van der Waals surface area (Å²) in [5, 5.41) is 4.56. The fraction of sp³-hybridized carbons (Fsp3) is 0.267. The van der Waals surface area contributed by atoms with Gasteiger partial charge in [-0.3, -0.25) is 0 Å². The molecule has 1 heterocycles. The van der Waals surface area contributed by atoms with Crippen molar-refractivity contribution in [3.8, 4) is 11.6 Å². The van der Waals surface area contributed by atoms with Crippen molar-refractivity contribution in [2.24, 2.45) is 0 Å². The van der Waals surface area contributed by atoms with E-state index in [9.17, 15) is 0 Å². The molecule has 0 unspecified atom stereocenters. The Balaban J connectivity index is 1.78. The van der Waals surface area contributed by atoms with Crippen LogP contribution in [-0.4, -0.2) is 11.0 Å². The van der Waals surface area contributed by atoms with Crippen LogP contribution in [0.1, 0.15) is 18.5 Å². The molecule has 3 nitrogen and oxygen atoms in total. The highest BCUT2D eigenvalue weighted by atomic mass is 79.9. The average molecular weight is 388 g/mol. The van der Waals surface area contributed by atoms with E-state index < -0.39 is 0 Å². The van der Waals surface area contributed by atoms with Gasteiger partial charge in [-0.1, -0.05) is 39.1 Å². The van der Waals surface area contributed by atoms with Crippen molar-refractivity contribution in [3.63, 3.8) is 0 Å². The first-order chi connectivity index (χ1) is 10.1. The zero-order valence-corrected chi connectivity index (χ0v) is 14.2. The number of benzene rings is 1. The van der Waals surface area contributed by atoms with Gasteiger partial charge in [0.15, 0.2) is 0 Å². The van der Waals surface area contributed by atoms with Crippen LogP contribution in [0.5, 0.6) is 11.6 Å².